The molecule has 0 rings (SSSR count). The van der Waals surface area contributed by atoms with Gasteiger partial charge in [0.1, 0.15) is 6.10 Å². The second kappa shape index (κ2) is 8.12. The lowest BCUT2D eigenvalue weighted by atomic mass is 10.0. The van der Waals surface area contributed by atoms with E-state index in [0.717, 1.165) is 12.8 Å². The number of ether oxygens (including phenoxy) is 1. The Kier molecular flexibility index (Phi) is 7.64. The van der Waals surface area contributed by atoms with E-state index in [4.69, 9.17) is 4.43 Å². The van der Waals surface area contributed by atoms with Crippen LogP contribution in [0.15, 0.2) is 12.7 Å². The average molecular weight is 268 g/mol. The average Bonchev–Trinajstić information content (AvgIpc) is 2.23. The van der Waals surface area contributed by atoms with Crippen molar-refractivity contribution < 1.29 is 14.0 Å². The fourth-order valence-corrected chi connectivity index (χ4v) is 2.51. The van der Waals surface area contributed by atoms with Crippen LogP contribution in [0.25, 0.3) is 0 Å². The molecule has 0 aliphatic heterocycles. The van der Waals surface area contributed by atoms with E-state index in [0.29, 0.717) is 5.92 Å². The summed E-state index contributed by atoms with van der Waals surface area (Å²) in [6.07, 6.45) is 3.42. The van der Waals surface area contributed by atoms with Crippen molar-refractivity contribution in [3.8, 4) is 11.8 Å². The largest absolute Gasteiger partial charge is 0.459 e. The fraction of sp³-hybridized carbons (Fsp3) is 0.643. The predicted molar refractivity (Wildman–Crippen MR) is 76.6 cm³/mol. The Hall–Kier alpha value is -1.05. The van der Waals surface area contributed by atoms with Crippen LogP contribution in [0.5, 0.6) is 0 Å². The summed E-state index contributed by atoms with van der Waals surface area (Å²) in [5.41, 5.74) is 0. The van der Waals surface area contributed by atoms with Gasteiger partial charge in [0.2, 0.25) is 0 Å². The Bertz CT molecular complexity index is 333. The van der Waals surface area contributed by atoms with Gasteiger partial charge in [-0.15, -0.1) is 6.58 Å². The Morgan fingerprint density at radius 3 is 2.50 bits per heavy atom. The smallest absolute Gasteiger partial charge is 0.384 e. The second-order valence-electron chi connectivity index (χ2n) is 5.35. The molecule has 4 heteroatoms. The maximum atomic E-state index is 11.0. The summed E-state index contributed by atoms with van der Waals surface area (Å²) in [5.74, 6) is 5.26. The van der Waals surface area contributed by atoms with Crippen molar-refractivity contribution >= 4 is 14.3 Å². The molecular formula is C14H24O3Si. The standard InChI is InChI=1S/C14H24O3Si/c1-7-8-12(2)11-13(17-18(4,5)6)9-10-14(15)16-3/h7,12-13H,1,8,11H2,2-6H3/t12-,13-/m0/s1. The Labute approximate surface area is 112 Å². The monoisotopic (exact) mass is 268 g/mol. The second-order valence-corrected chi connectivity index (χ2v) is 9.81. The van der Waals surface area contributed by atoms with E-state index >= 15 is 0 Å². The Balaban J connectivity index is 4.65. The van der Waals surface area contributed by atoms with Crippen LogP contribution in [0.1, 0.15) is 19.8 Å². The van der Waals surface area contributed by atoms with Crippen LogP contribution in [-0.2, 0) is 14.0 Å². The maximum Gasteiger partial charge on any atom is 0.384 e. The maximum absolute atomic E-state index is 11.0. The first kappa shape index (κ1) is 16.9. The summed E-state index contributed by atoms with van der Waals surface area (Å²) in [6, 6.07) is 0. The third-order valence-electron chi connectivity index (χ3n) is 2.20. The zero-order valence-electron chi connectivity index (χ0n) is 12.1. The summed E-state index contributed by atoms with van der Waals surface area (Å²) < 4.78 is 10.5. The molecule has 0 bridgehead atoms. The molecule has 0 aromatic rings. The minimum atomic E-state index is -1.67. The van der Waals surface area contributed by atoms with E-state index < -0.39 is 14.3 Å². The number of hydrogen-bond donors (Lipinski definition) is 0. The van der Waals surface area contributed by atoms with Crippen molar-refractivity contribution in [2.24, 2.45) is 5.92 Å². The number of allylic oxidation sites excluding steroid dienone is 1. The molecule has 0 heterocycles. The number of methoxy groups -OCH3 is 1. The fourth-order valence-electron chi connectivity index (χ4n) is 1.50. The van der Waals surface area contributed by atoms with Crippen molar-refractivity contribution in [3.63, 3.8) is 0 Å². The molecule has 0 radical (unpaired) electrons. The van der Waals surface area contributed by atoms with Crippen molar-refractivity contribution in [3.05, 3.63) is 12.7 Å². The first-order valence-electron chi connectivity index (χ1n) is 6.16. The topological polar surface area (TPSA) is 35.5 Å². The molecule has 0 N–H and O–H groups in total. The Morgan fingerprint density at radius 2 is 2.06 bits per heavy atom. The van der Waals surface area contributed by atoms with E-state index in [9.17, 15) is 4.79 Å². The van der Waals surface area contributed by atoms with Crippen molar-refractivity contribution in [2.75, 3.05) is 7.11 Å². The molecule has 0 aliphatic carbocycles. The molecule has 2 atom stereocenters. The molecule has 3 nitrogen and oxygen atoms in total. The van der Waals surface area contributed by atoms with Crippen LogP contribution >= 0.6 is 0 Å². The SMILES string of the molecule is C=CC[C@H](C)C[C@H](C#CC(=O)OC)O[Si](C)(C)C. The summed E-state index contributed by atoms with van der Waals surface area (Å²) >= 11 is 0. The van der Waals surface area contributed by atoms with Crippen LogP contribution < -0.4 is 0 Å². The first-order valence-corrected chi connectivity index (χ1v) is 9.57. The minimum absolute atomic E-state index is 0.203. The lowest BCUT2D eigenvalue weighted by Crippen LogP contribution is -2.32. The van der Waals surface area contributed by atoms with Crippen molar-refractivity contribution in [1.29, 1.82) is 0 Å². The van der Waals surface area contributed by atoms with Gasteiger partial charge in [0.15, 0.2) is 8.32 Å². The number of rotatable bonds is 6. The number of hydrogen-bond acceptors (Lipinski definition) is 3. The van der Waals surface area contributed by atoms with E-state index in [-0.39, 0.29) is 6.10 Å². The van der Waals surface area contributed by atoms with Gasteiger partial charge in [-0.25, -0.2) is 4.79 Å². The van der Waals surface area contributed by atoms with Crippen LogP contribution in [0, 0.1) is 17.8 Å². The number of esters is 1. The normalized spacial score (nSPS) is 14.1. The predicted octanol–water partition coefficient (Wildman–Crippen LogP) is 2.99. The van der Waals surface area contributed by atoms with Crippen LogP contribution in [-0.4, -0.2) is 27.5 Å². The molecular weight excluding hydrogens is 244 g/mol. The summed E-state index contributed by atoms with van der Waals surface area (Å²) in [6.45, 7) is 12.2. The molecule has 18 heavy (non-hydrogen) atoms. The van der Waals surface area contributed by atoms with E-state index in [2.05, 4.69) is 49.7 Å². The van der Waals surface area contributed by atoms with Crippen LogP contribution in [0.2, 0.25) is 19.6 Å². The quantitative estimate of drug-likeness (QED) is 0.244. The summed E-state index contributed by atoms with van der Waals surface area (Å²) in [7, 11) is -0.348. The van der Waals surface area contributed by atoms with Crippen molar-refractivity contribution in [1.82, 2.24) is 0 Å². The third-order valence-corrected chi connectivity index (χ3v) is 3.19. The molecule has 102 valence electrons. The third kappa shape index (κ3) is 9.03. The summed E-state index contributed by atoms with van der Waals surface area (Å²) in [4.78, 5) is 11.0. The van der Waals surface area contributed by atoms with Crippen LogP contribution in [0.4, 0.5) is 0 Å². The van der Waals surface area contributed by atoms with Gasteiger partial charge in [0.05, 0.1) is 7.11 Å². The molecule has 0 unspecified atom stereocenters. The molecule has 0 fully saturated rings. The number of carbonyl (C=O) groups is 1. The highest BCUT2D eigenvalue weighted by Crippen LogP contribution is 2.17. The van der Waals surface area contributed by atoms with Gasteiger partial charge in [0, 0.05) is 5.92 Å². The van der Waals surface area contributed by atoms with Crippen molar-refractivity contribution in [2.45, 2.75) is 45.5 Å². The highest BCUT2D eigenvalue weighted by atomic mass is 28.4. The summed E-state index contributed by atoms with van der Waals surface area (Å²) in [5, 5.41) is 0. The van der Waals surface area contributed by atoms with Gasteiger partial charge in [-0.3, -0.25) is 0 Å². The van der Waals surface area contributed by atoms with E-state index in [1.807, 2.05) is 6.08 Å². The van der Waals surface area contributed by atoms with Gasteiger partial charge in [-0.05, 0) is 38.4 Å². The van der Waals surface area contributed by atoms with Crippen LogP contribution in [0.3, 0.4) is 0 Å². The minimum Gasteiger partial charge on any atom is -0.459 e. The van der Waals surface area contributed by atoms with E-state index in [1.165, 1.54) is 7.11 Å². The molecule has 0 aromatic carbocycles. The highest BCUT2D eigenvalue weighted by Gasteiger charge is 2.21. The van der Waals surface area contributed by atoms with E-state index in [1.54, 1.807) is 0 Å². The van der Waals surface area contributed by atoms with Gasteiger partial charge >= 0.3 is 5.97 Å². The highest BCUT2D eigenvalue weighted by molar-refractivity contribution is 6.69. The van der Waals surface area contributed by atoms with Gasteiger partial charge in [-0.2, -0.15) is 0 Å². The lowest BCUT2D eigenvalue weighted by molar-refractivity contribution is -0.133. The molecule has 0 aromatic heterocycles. The zero-order valence-corrected chi connectivity index (χ0v) is 13.1. The zero-order chi connectivity index (χ0) is 14.2. The Morgan fingerprint density at radius 1 is 1.44 bits per heavy atom. The first-order chi connectivity index (χ1) is 8.28. The number of carbonyl (C=O) groups excluding carboxylic acids is 1. The molecule has 0 saturated carbocycles. The molecule has 0 amide bonds. The molecule has 0 spiro atoms. The molecule has 0 aliphatic rings. The van der Waals surface area contributed by atoms with Gasteiger partial charge in [0.25, 0.3) is 0 Å². The van der Waals surface area contributed by atoms with Gasteiger partial charge < -0.3 is 9.16 Å². The lowest BCUT2D eigenvalue weighted by Gasteiger charge is -2.24. The van der Waals surface area contributed by atoms with Gasteiger partial charge in [-0.1, -0.05) is 18.9 Å². The molecule has 0 saturated heterocycles.